The molecule has 0 bridgehead atoms. The van der Waals surface area contributed by atoms with Gasteiger partial charge in [-0.15, -0.1) is 0 Å². The summed E-state index contributed by atoms with van der Waals surface area (Å²) in [5.41, 5.74) is 0.829. The summed E-state index contributed by atoms with van der Waals surface area (Å²) >= 11 is 0. The lowest BCUT2D eigenvalue weighted by Crippen LogP contribution is -2.09. The van der Waals surface area contributed by atoms with Crippen LogP contribution in [0.25, 0.3) is 0 Å². The largest absolute Gasteiger partial charge is 0.502 e. The predicted octanol–water partition coefficient (Wildman–Crippen LogP) is 1.58. The van der Waals surface area contributed by atoms with Crippen LogP contribution in [-0.2, 0) is 11.2 Å². The van der Waals surface area contributed by atoms with E-state index in [1.54, 1.807) is 0 Å². The van der Waals surface area contributed by atoms with Crippen LogP contribution in [0, 0.1) is 10.1 Å². The number of nitrogens with zero attached hydrogens (tertiary/aromatic N) is 1. The Labute approximate surface area is 91.0 Å². The number of nitrogens with one attached hydrogen (secondary N) is 1. The van der Waals surface area contributed by atoms with Crippen molar-refractivity contribution in [3.05, 3.63) is 27.8 Å². The molecule has 1 aromatic rings. The highest BCUT2D eigenvalue weighted by molar-refractivity contribution is 5.92. The highest BCUT2D eigenvalue weighted by Gasteiger charge is 2.20. The second kappa shape index (κ2) is 3.80. The number of hydrogen-bond acceptors (Lipinski definition) is 4. The first-order valence-electron chi connectivity index (χ1n) is 4.88. The maximum Gasteiger partial charge on any atom is 0.311 e. The zero-order valence-corrected chi connectivity index (χ0v) is 8.40. The first-order chi connectivity index (χ1) is 7.58. The lowest BCUT2D eigenvalue weighted by molar-refractivity contribution is -0.385. The molecule has 1 aliphatic heterocycles. The molecule has 0 fully saturated rings. The van der Waals surface area contributed by atoms with Gasteiger partial charge in [-0.1, -0.05) is 0 Å². The smallest absolute Gasteiger partial charge is 0.311 e. The minimum Gasteiger partial charge on any atom is -0.502 e. The summed E-state index contributed by atoms with van der Waals surface area (Å²) in [5.74, 6) is -0.557. The fourth-order valence-electron chi connectivity index (χ4n) is 1.74. The van der Waals surface area contributed by atoms with Crippen LogP contribution in [0.1, 0.15) is 18.4 Å². The maximum atomic E-state index is 11.2. The van der Waals surface area contributed by atoms with Gasteiger partial charge in [-0.2, -0.15) is 0 Å². The number of phenols is 1. The van der Waals surface area contributed by atoms with Gasteiger partial charge >= 0.3 is 5.69 Å². The van der Waals surface area contributed by atoms with E-state index in [4.69, 9.17) is 0 Å². The normalized spacial score (nSPS) is 14.9. The fourth-order valence-corrected chi connectivity index (χ4v) is 1.74. The van der Waals surface area contributed by atoms with Crippen molar-refractivity contribution in [1.29, 1.82) is 0 Å². The van der Waals surface area contributed by atoms with Crippen molar-refractivity contribution >= 4 is 17.3 Å². The van der Waals surface area contributed by atoms with E-state index >= 15 is 0 Å². The van der Waals surface area contributed by atoms with Gasteiger partial charge in [-0.3, -0.25) is 14.9 Å². The number of aromatic hydroxyl groups is 1. The van der Waals surface area contributed by atoms with Crippen molar-refractivity contribution < 1.29 is 14.8 Å². The number of aryl methyl sites for hydroxylation is 1. The molecule has 1 aliphatic rings. The van der Waals surface area contributed by atoms with Gasteiger partial charge in [-0.25, -0.2) is 0 Å². The van der Waals surface area contributed by atoms with Crippen LogP contribution in [0.3, 0.4) is 0 Å². The number of nitro groups is 1. The van der Waals surface area contributed by atoms with E-state index in [0.29, 0.717) is 30.5 Å². The highest BCUT2D eigenvalue weighted by atomic mass is 16.6. The van der Waals surface area contributed by atoms with Gasteiger partial charge in [0.2, 0.25) is 5.91 Å². The molecule has 84 valence electrons. The third-order valence-corrected chi connectivity index (χ3v) is 2.52. The third-order valence-electron chi connectivity index (χ3n) is 2.52. The number of carbonyl (C=O) groups excluding carboxylic acids is 1. The Bertz CT molecular complexity index is 470. The van der Waals surface area contributed by atoms with Crippen LogP contribution < -0.4 is 5.32 Å². The summed E-state index contributed by atoms with van der Waals surface area (Å²) in [6.07, 6.45) is 1.64. The van der Waals surface area contributed by atoms with Gasteiger partial charge in [0, 0.05) is 24.2 Å². The molecule has 0 saturated carbocycles. The van der Waals surface area contributed by atoms with Crippen molar-refractivity contribution in [2.75, 3.05) is 5.32 Å². The quantitative estimate of drug-likeness (QED) is 0.557. The maximum absolute atomic E-state index is 11.2. The first-order valence-corrected chi connectivity index (χ1v) is 4.88. The van der Waals surface area contributed by atoms with Gasteiger partial charge in [0.1, 0.15) is 0 Å². The van der Waals surface area contributed by atoms with Crippen molar-refractivity contribution in [2.45, 2.75) is 19.3 Å². The molecule has 2 rings (SSSR count). The lowest BCUT2D eigenvalue weighted by atomic mass is 10.1. The monoisotopic (exact) mass is 222 g/mol. The van der Waals surface area contributed by atoms with Crippen molar-refractivity contribution in [3.63, 3.8) is 0 Å². The molecule has 1 heterocycles. The molecule has 0 spiro atoms. The SMILES string of the molecule is O=C1CCCc2cc([N+](=O)[O-])c(O)cc2N1. The molecule has 1 aromatic carbocycles. The number of amides is 1. The predicted molar refractivity (Wildman–Crippen MR) is 56.3 cm³/mol. The van der Waals surface area contributed by atoms with Crippen LogP contribution in [-0.4, -0.2) is 15.9 Å². The Morgan fingerprint density at radius 2 is 2.12 bits per heavy atom. The zero-order chi connectivity index (χ0) is 11.7. The van der Waals surface area contributed by atoms with Gasteiger partial charge in [0.15, 0.2) is 5.75 Å². The third kappa shape index (κ3) is 1.81. The Morgan fingerprint density at radius 1 is 1.38 bits per heavy atom. The summed E-state index contributed by atoms with van der Waals surface area (Å²) in [4.78, 5) is 21.2. The number of hydrogen-bond donors (Lipinski definition) is 2. The number of nitro benzene ring substituents is 1. The van der Waals surface area contributed by atoms with Gasteiger partial charge in [0.05, 0.1) is 4.92 Å². The number of benzene rings is 1. The van der Waals surface area contributed by atoms with E-state index in [9.17, 15) is 20.0 Å². The fraction of sp³-hybridized carbons (Fsp3) is 0.300. The van der Waals surface area contributed by atoms with Crippen LogP contribution in [0.15, 0.2) is 12.1 Å². The van der Waals surface area contributed by atoms with Gasteiger partial charge in [-0.05, 0) is 18.4 Å². The molecule has 0 aromatic heterocycles. The van der Waals surface area contributed by atoms with Gasteiger partial charge in [0.25, 0.3) is 0 Å². The molecule has 1 amide bonds. The van der Waals surface area contributed by atoms with E-state index in [0.717, 1.165) is 0 Å². The van der Waals surface area contributed by atoms with Crippen LogP contribution in [0.2, 0.25) is 0 Å². The molecular weight excluding hydrogens is 212 g/mol. The molecule has 0 saturated heterocycles. The molecule has 6 nitrogen and oxygen atoms in total. The second-order valence-electron chi connectivity index (χ2n) is 3.66. The minimum atomic E-state index is -0.637. The number of rotatable bonds is 1. The Balaban J connectivity index is 2.49. The number of phenolic OH excluding ortho intramolecular Hbond substituents is 1. The van der Waals surface area contributed by atoms with Crippen molar-refractivity contribution in [1.82, 2.24) is 0 Å². The van der Waals surface area contributed by atoms with E-state index in [1.165, 1.54) is 12.1 Å². The van der Waals surface area contributed by atoms with E-state index in [1.807, 2.05) is 0 Å². The van der Waals surface area contributed by atoms with Crippen LogP contribution in [0.5, 0.6) is 5.75 Å². The van der Waals surface area contributed by atoms with E-state index < -0.39 is 10.7 Å². The Kier molecular flexibility index (Phi) is 2.47. The molecule has 0 unspecified atom stereocenters. The molecule has 0 aliphatic carbocycles. The van der Waals surface area contributed by atoms with E-state index in [2.05, 4.69) is 5.32 Å². The Hall–Kier alpha value is -2.11. The number of fused-ring (bicyclic) bond motifs is 1. The highest BCUT2D eigenvalue weighted by Crippen LogP contribution is 2.34. The summed E-state index contributed by atoms with van der Waals surface area (Å²) in [6, 6.07) is 2.55. The van der Waals surface area contributed by atoms with Crippen molar-refractivity contribution in [3.8, 4) is 5.75 Å². The average molecular weight is 222 g/mol. The second-order valence-corrected chi connectivity index (χ2v) is 3.66. The van der Waals surface area contributed by atoms with Gasteiger partial charge < -0.3 is 10.4 Å². The molecule has 6 heteroatoms. The summed E-state index contributed by atoms with van der Waals surface area (Å²) in [5, 5.41) is 22.6. The molecule has 16 heavy (non-hydrogen) atoms. The van der Waals surface area contributed by atoms with E-state index in [-0.39, 0.29) is 11.6 Å². The zero-order valence-electron chi connectivity index (χ0n) is 8.40. The van der Waals surface area contributed by atoms with Crippen LogP contribution in [0.4, 0.5) is 11.4 Å². The summed E-state index contributed by atoms with van der Waals surface area (Å²) in [7, 11) is 0. The lowest BCUT2D eigenvalue weighted by Gasteiger charge is -2.07. The topological polar surface area (TPSA) is 92.5 Å². The molecular formula is C10H10N2O4. The first kappa shape index (κ1) is 10.4. The standard InChI is InChI=1S/C10H10N2O4/c13-9-5-7-6(4-8(9)12(15)16)2-1-3-10(14)11-7/h4-5,13H,1-3H2,(H,11,14). The summed E-state index contributed by atoms with van der Waals surface area (Å²) in [6.45, 7) is 0. The summed E-state index contributed by atoms with van der Waals surface area (Å²) < 4.78 is 0. The number of carbonyl (C=O) groups is 1. The Morgan fingerprint density at radius 3 is 2.81 bits per heavy atom. The number of anilines is 1. The molecule has 2 N–H and O–H groups in total. The minimum absolute atomic E-state index is 0.132. The average Bonchev–Trinajstić information content (AvgIpc) is 2.36. The van der Waals surface area contributed by atoms with Crippen molar-refractivity contribution in [2.24, 2.45) is 0 Å². The van der Waals surface area contributed by atoms with Crippen LogP contribution >= 0.6 is 0 Å². The molecule has 0 atom stereocenters. The molecule has 0 radical (unpaired) electrons.